The van der Waals surface area contributed by atoms with Crippen molar-refractivity contribution in [2.45, 2.75) is 20.1 Å². The van der Waals surface area contributed by atoms with E-state index in [0.717, 1.165) is 5.56 Å². The predicted octanol–water partition coefficient (Wildman–Crippen LogP) is 5.23. The van der Waals surface area contributed by atoms with Gasteiger partial charge in [0.1, 0.15) is 12.4 Å². The minimum atomic E-state index is -0.465. The third-order valence-electron chi connectivity index (χ3n) is 4.08. The molecule has 0 fully saturated rings. The lowest BCUT2D eigenvalue weighted by atomic mass is 10.2. The molecule has 0 atom stereocenters. The number of benzene rings is 2. The molecule has 0 unspecified atom stereocenters. The second kappa shape index (κ2) is 7.94. The number of halogens is 3. The van der Waals surface area contributed by atoms with Crippen LogP contribution in [-0.2, 0) is 13.2 Å². The molecule has 0 radical (unpaired) electrons. The molecule has 3 rings (SSSR count). The summed E-state index contributed by atoms with van der Waals surface area (Å²) in [7, 11) is 0. The summed E-state index contributed by atoms with van der Waals surface area (Å²) < 4.78 is 21.4. The van der Waals surface area contributed by atoms with Crippen LogP contribution < -0.4 is 10.2 Å². The van der Waals surface area contributed by atoms with E-state index in [4.69, 9.17) is 27.9 Å². The van der Waals surface area contributed by atoms with Gasteiger partial charge in [0.2, 0.25) is 5.43 Å². The molecule has 0 aliphatic rings. The Kier molecular flexibility index (Phi) is 5.64. The van der Waals surface area contributed by atoms with Gasteiger partial charge >= 0.3 is 0 Å². The molecule has 1 aromatic heterocycles. The monoisotopic (exact) mass is 391 g/mol. The Bertz CT molecular complexity index is 964. The standard InChI is InChI=1S/C20H16Cl2FNO2/c1-13-20(26-12-16-17(22)3-2-4-18(16)23)19(25)9-10-24(13)11-14-5-7-15(21)8-6-14/h2-10H,11-12H2,1H3. The first-order chi connectivity index (χ1) is 12.5. The summed E-state index contributed by atoms with van der Waals surface area (Å²) in [6.45, 7) is 2.22. The van der Waals surface area contributed by atoms with E-state index in [1.807, 2.05) is 28.8 Å². The van der Waals surface area contributed by atoms with Gasteiger partial charge in [0.25, 0.3) is 0 Å². The van der Waals surface area contributed by atoms with E-state index in [9.17, 15) is 9.18 Å². The first-order valence-electron chi connectivity index (χ1n) is 7.96. The van der Waals surface area contributed by atoms with Crippen molar-refractivity contribution in [1.29, 1.82) is 0 Å². The average Bonchev–Trinajstić information content (AvgIpc) is 2.61. The van der Waals surface area contributed by atoms with Crippen molar-refractivity contribution in [2.75, 3.05) is 0 Å². The zero-order valence-electron chi connectivity index (χ0n) is 14.0. The molecule has 134 valence electrons. The number of ether oxygens (including phenoxy) is 1. The van der Waals surface area contributed by atoms with Crippen molar-refractivity contribution in [1.82, 2.24) is 4.57 Å². The summed E-state index contributed by atoms with van der Waals surface area (Å²) in [5, 5.41) is 0.927. The van der Waals surface area contributed by atoms with Crippen molar-refractivity contribution in [2.24, 2.45) is 0 Å². The Morgan fingerprint density at radius 2 is 1.81 bits per heavy atom. The van der Waals surface area contributed by atoms with Gasteiger partial charge in [-0.3, -0.25) is 4.79 Å². The SMILES string of the molecule is Cc1c(OCc2c(F)cccc2Cl)c(=O)ccn1Cc1ccc(Cl)cc1. The van der Waals surface area contributed by atoms with Gasteiger partial charge in [0, 0.05) is 29.4 Å². The fourth-order valence-electron chi connectivity index (χ4n) is 2.60. The fourth-order valence-corrected chi connectivity index (χ4v) is 2.95. The van der Waals surface area contributed by atoms with Gasteiger partial charge < -0.3 is 9.30 Å². The third kappa shape index (κ3) is 4.09. The highest BCUT2D eigenvalue weighted by Crippen LogP contribution is 2.22. The highest BCUT2D eigenvalue weighted by molar-refractivity contribution is 6.31. The van der Waals surface area contributed by atoms with E-state index in [0.29, 0.717) is 17.3 Å². The zero-order chi connectivity index (χ0) is 18.7. The van der Waals surface area contributed by atoms with Crippen LogP contribution in [0.2, 0.25) is 10.0 Å². The van der Waals surface area contributed by atoms with Gasteiger partial charge in [0.05, 0.1) is 10.7 Å². The minimum Gasteiger partial charge on any atom is -0.483 e. The summed E-state index contributed by atoms with van der Waals surface area (Å²) in [5.74, 6) is -0.284. The lowest BCUT2D eigenvalue weighted by Crippen LogP contribution is -2.15. The van der Waals surface area contributed by atoms with Gasteiger partial charge in [-0.25, -0.2) is 4.39 Å². The maximum absolute atomic E-state index is 13.9. The molecule has 0 saturated heterocycles. The number of rotatable bonds is 5. The first-order valence-corrected chi connectivity index (χ1v) is 8.71. The quantitative estimate of drug-likeness (QED) is 0.596. The maximum Gasteiger partial charge on any atom is 0.223 e. The summed E-state index contributed by atoms with van der Waals surface area (Å²) >= 11 is 11.9. The first kappa shape index (κ1) is 18.5. The van der Waals surface area contributed by atoms with Gasteiger partial charge in [-0.05, 0) is 36.8 Å². The molecule has 1 heterocycles. The lowest BCUT2D eigenvalue weighted by molar-refractivity contribution is 0.291. The van der Waals surface area contributed by atoms with Crippen LogP contribution in [-0.4, -0.2) is 4.57 Å². The molecular formula is C20H16Cl2FNO2. The normalized spacial score (nSPS) is 10.8. The lowest BCUT2D eigenvalue weighted by Gasteiger charge is -2.15. The third-order valence-corrected chi connectivity index (χ3v) is 4.68. The summed E-state index contributed by atoms with van der Waals surface area (Å²) in [4.78, 5) is 12.2. The molecule has 0 aliphatic heterocycles. The van der Waals surface area contributed by atoms with Crippen molar-refractivity contribution >= 4 is 23.2 Å². The molecule has 0 aliphatic carbocycles. The van der Waals surface area contributed by atoms with E-state index in [1.54, 1.807) is 19.2 Å². The van der Waals surface area contributed by atoms with Crippen LogP contribution in [0.1, 0.15) is 16.8 Å². The Morgan fingerprint density at radius 3 is 2.50 bits per heavy atom. The van der Waals surface area contributed by atoms with E-state index in [2.05, 4.69) is 0 Å². The molecule has 26 heavy (non-hydrogen) atoms. The number of hydrogen-bond donors (Lipinski definition) is 0. The maximum atomic E-state index is 13.9. The van der Waals surface area contributed by atoms with Crippen LogP contribution in [0.4, 0.5) is 4.39 Å². The number of aromatic nitrogens is 1. The predicted molar refractivity (Wildman–Crippen MR) is 102 cm³/mol. The van der Waals surface area contributed by atoms with Crippen LogP contribution in [0.3, 0.4) is 0 Å². The molecule has 2 aromatic carbocycles. The Labute approximate surface area is 160 Å². The Morgan fingerprint density at radius 1 is 1.08 bits per heavy atom. The zero-order valence-corrected chi connectivity index (χ0v) is 15.5. The Balaban J connectivity index is 1.85. The topological polar surface area (TPSA) is 31.2 Å². The fraction of sp³-hybridized carbons (Fsp3) is 0.150. The second-order valence-corrected chi connectivity index (χ2v) is 6.68. The second-order valence-electron chi connectivity index (χ2n) is 5.84. The summed E-state index contributed by atoms with van der Waals surface area (Å²) in [6.07, 6.45) is 1.70. The number of nitrogens with zero attached hydrogens (tertiary/aromatic N) is 1. The van der Waals surface area contributed by atoms with Gasteiger partial charge in [-0.2, -0.15) is 0 Å². The smallest absolute Gasteiger partial charge is 0.223 e. The molecule has 0 bridgehead atoms. The van der Waals surface area contributed by atoms with E-state index in [-0.39, 0.29) is 28.4 Å². The van der Waals surface area contributed by atoms with Crippen LogP contribution in [0.5, 0.6) is 5.75 Å². The average molecular weight is 392 g/mol. The van der Waals surface area contributed by atoms with E-state index < -0.39 is 5.82 Å². The highest BCUT2D eigenvalue weighted by Gasteiger charge is 2.13. The minimum absolute atomic E-state index is 0.119. The summed E-state index contributed by atoms with van der Waals surface area (Å²) in [6, 6.07) is 13.3. The number of hydrogen-bond acceptors (Lipinski definition) is 2. The highest BCUT2D eigenvalue weighted by atomic mass is 35.5. The van der Waals surface area contributed by atoms with E-state index >= 15 is 0 Å². The molecule has 0 saturated carbocycles. The largest absolute Gasteiger partial charge is 0.483 e. The van der Waals surface area contributed by atoms with Gasteiger partial charge in [-0.15, -0.1) is 0 Å². The summed E-state index contributed by atoms with van der Waals surface area (Å²) in [5.41, 5.74) is 1.65. The molecule has 0 spiro atoms. The molecule has 3 nitrogen and oxygen atoms in total. The van der Waals surface area contributed by atoms with Crippen LogP contribution in [0.25, 0.3) is 0 Å². The van der Waals surface area contributed by atoms with Crippen LogP contribution >= 0.6 is 23.2 Å². The molecular weight excluding hydrogens is 376 g/mol. The molecule has 0 N–H and O–H groups in total. The van der Waals surface area contributed by atoms with Crippen molar-refractivity contribution in [3.05, 3.63) is 97.6 Å². The van der Waals surface area contributed by atoms with Crippen molar-refractivity contribution in [3.63, 3.8) is 0 Å². The van der Waals surface area contributed by atoms with Crippen LogP contribution in [0.15, 0.2) is 59.5 Å². The molecule has 3 aromatic rings. The molecule has 0 amide bonds. The van der Waals surface area contributed by atoms with Crippen LogP contribution in [0, 0.1) is 12.7 Å². The van der Waals surface area contributed by atoms with Gasteiger partial charge in [-0.1, -0.05) is 41.4 Å². The van der Waals surface area contributed by atoms with Crippen molar-refractivity contribution < 1.29 is 9.13 Å². The van der Waals surface area contributed by atoms with E-state index in [1.165, 1.54) is 18.2 Å². The van der Waals surface area contributed by atoms with Gasteiger partial charge in [0.15, 0.2) is 5.75 Å². The molecule has 6 heteroatoms. The number of pyridine rings is 1. The Hall–Kier alpha value is -2.30. The van der Waals surface area contributed by atoms with Crippen molar-refractivity contribution in [3.8, 4) is 5.75 Å².